The largest absolute Gasteiger partial charge is 0.479 e. The number of halogens is 2. The van der Waals surface area contributed by atoms with Crippen molar-refractivity contribution in [1.82, 2.24) is 9.38 Å². The fraction of sp³-hybridized carbons (Fsp3) is 0.0526. The summed E-state index contributed by atoms with van der Waals surface area (Å²) < 4.78 is 9.30. The lowest BCUT2D eigenvalue weighted by Gasteiger charge is -2.08. The van der Waals surface area contributed by atoms with Crippen molar-refractivity contribution in [2.45, 2.75) is 0 Å². The van der Waals surface area contributed by atoms with Crippen molar-refractivity contribution >= 4 is 65.3 Å². The van der Waals surface area contributed by atoms with Crippen molar-refractivity contribution in [1.29, 1.82) is 0 Å². The number of para-hydroxylation sites is 2. The van der Waals surface area contributed by atoms with E-state index < -0.39 is 0 Å². The minimum atomic E-state index is -0.0707. The third kappa shape index (κ3) is 2.94. The summed E-state index contributed by atoms with van der Waals surface area (Å²) >= 11 is 8.34. The lowest BCUT2D eigenvalue weighted by molar-refractivity contribution is 0.365. The van der Waals surface area contributed by atoms with E-state index in [0.717, 1.165) is 25.5 Å². The van der Waals surface area contributed by atoms with E-state index >= 15 is 0 Å². The van der Waals surface area contributed by atoms with Crippen LogP contribution in [0.3, 0.4) is 0 Å². The van der Waals surface area contributed by atoms with Gasteiger partial charge in [0, 0.05) is 0 Å². The van der Waals surface area contributed by atoms with Crippen molar-refractivity contribution in [2.75, 3.05) is 6.61 Å². The smallest absolute Gasteiger partial charge is 0.274 e. The molecule has 0 spiro atoms. The van der Waals surface area contributed by atoms with Gasteiger partial charge in [0.1, 0.15) is 12.4 Å². The molecule has 0 N–H and O–H groups in total. The van der Waals surface area contributed by atoms with Crippen LogP contribution in [0.1, 0.15) is 5.56 Å². The molecule has 0 radical (unpaired) electrons. The molecule has 0 saturated carbocycles. The first-order chi connectivity index (χ1) is 12.6. The number of ether oxygens (including phenoxy) is 1. The van der Waals surface area contributed by atoms with Gasteiger partial charge in [0.2, 0.25) is 0 Å². The van der Waals surface area contributed by atoms with E-state index in [2.05, 4.69) is 42.8 Å². The van der Waals surface area contributed by atoms with Gasteiger partial charge in [0.25, 0.3) is 5.56 Å². The average molecular weight is 490 g/mol. The van der Waals surface area contributed by atoms with Crippen molar-refractivity contribution in [3.8, 4) is 18.1 Å². The normalized spacial score (nSPS) is 12.0. The first-order valence-electron chi connectivity index (χ1n) is 7.55. The quantitative estimate of drug-likeness (QED) is 0.408. The van der Waals surface area contributed by atoms with E-state index in [4.69, 9.17) is 11.2 Å². The molecule has 4 nitrogen and oxygen atoms in total. The zero-order valence-corrected chi connectivity index (χ0v) is 17.2. The van der Waals surface area contributed by atoms with Gasteiger partial charge >= 0.3 is 0 Å². The number of terminal acetylenes is 1. The molecule has 4 rings (SSSR count). The van der Waals surface area contributed by atoms with Gasteiger partial charge in [-0.05, 0) is 67.8 Å². The van der Waals surface area contributed by atoms with Crippen LogP contribution in [-0.4, -0.2) is 16.0 Å². The summed E-state index contributed by atoms with van der Waals surface area (Å²) in [5.74, 6) is 3.07. The topological polar surface area (TPSA) is 43.6 Å². The second-order valence-electron chi connectivity index (χ2n) is 5.44. The molecule has 0 aliphatic rings. The molecular formula is C19H10Br2N2O2S. The summed E-state index contributed by atoms with van der Waals surface area (Å²) in [5, 5.41) is 0. The lowest BCUT2D eigenvalue weighted by Crippen LogP contribution is -2.22. The van der Waals surface area contributed by atoms with Crippen LogP contribution in [0.2, 0.25) is 0 Å². The lowest BCUT2D eigenvalue weighted by atomic mass is 10.2. The first-order valence-corrected chi connectivity index (χ1v) is 9.96. The number of hydrogen-bond donors (Lipinski definition) is 0. The van der Waals surface area contributed by atoms with Crippen molar-refractivity contribution < 1.29 is 4.74 Å². The number of aromatic nitrogens is 2. The van der Waals surface area contributed by atoms with Crippen molar-refractivity contribution in [3.05, 3.63) is 65.8 Å². The van der Waals surface area contributed by atoms with Gasteiger partial charge in [-0.25, -0.2) is 9.38 Å². The summed E-state index contributed by atoms with van der Waals surface area (Å²) in [6.07, 6.45) is 7.08. The second kappa shape index (κ2) is 6.88. The van der Waals surface area contributed by atoms with E-state index in [9.17, 15) is 4.79 Å². The average Bonchev–Trinajstić information content (AvgIpc) is 3.11. The number of fused-ring (bicyclic) bond motifs is 3. The van der Waals surface area contributed by atoms with E-state index in [-0.39, 0.29) is 12.2 Å². The maximum absolute atomic E-state index is 12.8. The number of rotatable bonds is 3. The molecule has 0 saturated heterocycles. The molecular weight excluding hydrogens is 480 g/mol. The third-order valence-corrected chi connectivity index (χ3v) is 5.91. The van der Waals surface area contributed by atoms with Gasteiger partial charge in [-0.3, -0.25) is 4.79 Å². The Bertz CT molecular complexity index is 1280. The molecule has 2 aromatic carbocycles. The van der Waals surface area contributed by atoms with E-state index in [1.54, 1.807) is 4.40 Å². The monoisotopic (exact) mass is 488 g/mol. The van der Waals surface area contributed by atoms with Crippen molar-refractivity contribution in [2.24, 2.45) is 0 Å². The number of thiazole rings is 1. The van der Waals surface area contributed by atoms with Gasteiger partial charge in [-0.1, -0.05) is 29.4 Å². The summed E-state index contributed by atoms with van der Waals surface area (Å²) in [4.78, 5) is 18.0. The first kappa shape index (κ1) is 17.3. The molecule has 0 bridgehead atoms. The fourth-order valence-corrected chi connectivity index (χ4v) is 5.12. The zero-order valence-electron chi connectivity index (χ0n) is 13.2. The Balaban J connectivity index is 1.85. The maximum atomic E-state index is 12.8. The molecule has 0 unspecified atom stereocenters. The Labute approximate surface area is 169 Å². The Morgan fingerprint density at radius 2 is 2.00 bits per heavy atom. The standard InChI is InChI=1S/C19H10Br2N2O2S/c1-2-7-25-17-12(20)8-11(9-13(17)21)10-16-18(24)23-15-6-4-3-5-14(15)22-19(23)26-16/h1,3-6,8-10H,7H2/b16-10-. The second-order valence-corrected chi connectivity index (χ2v) is 8.16. The molecule has 0 aliphatic carbocycles. The van der Waals surface area contributed by atoms with Crippen LogP contribution in [0.4, 0.5) is 0 Å². The SMILES string of the molecule is C#CCOc1c(Br)cc(/C=c2\sc3nc4ccccc4n3c2=O)cc1Br. The number of hydrogen-bond acceptors (Lipinski definition) is 4. The van der Waals surface area contributed by atoms with Crippen LogP contribution in [0.15, 0.2) is 50.1 Å². The Morgan fingerprint density at radius 1 is 1.27 bits per heavy atom. The third-order valence-electron chi connectivity index (χ3n) is 3.76. The number of nitrogens with zero attached hydrogens (tertiary/aromatic N) is 2. The highest BCUT2D eigenvalue weighted by molar-refractivity contribution is 9.11. The van der Waals surface area contributed by atoms with E-state index in [1.165, 1.54) is 11.3 Å². The summed E-state index contributed by atoms with van der Waals surface area (Å²) in [7, 11) is 0. The zero-order chi connectivity index (χ0) is 18.3. The van der Waals surface area contributed by atoms with Gasteiger partial charge in [0.15, 0.2) is 4.96 Å². The van der Waals surface area contributed by atoms with Crippen LogP contribution in [0, 0.1) is 12.3 Å². The van der Waals surface area contributed by atoms with Crippen LogP contribution in [0.5, 0.6) is 5.75 Å². The van der Waals surface area contributed by atoms with Crippen LogP contribution in [0.25, 0.3) is 22.1 Å². The maximum Gasteiger partial charge on any atom is 0.274 e. The molecule has 128 valence electrons. The minimum Gasteiger partial charge on any atom is -0.479 e. The van der Waals surface area contributed by atoms with E-state index in [0.29, 0.717) is 15.2 Å². The van der Waals surface area contributed by atoms with Gasteiger partial charge in [-0.15, -0.1) is 6.42 Å². The molecule has 4 aromatic rings. The Morgan fingerprint density at radius 3 is 2.73 bits per heavy atom. The minimum absolute atomic E-state index is 0.0707. The highest BCUT2D eigenvalue weighted by Crippen LogP contribution is 2.35. The van der Waals surface area contributed by atoms with Gasteiger partial charge < -0.3 is 4.74 Å². The highest BCUT2D eigenvalue weighted by Gasteiger charge is 2.12. The molecule has 26 heavy (non-hydrogen) atoms. The summed E-state index contributed by atoms with van der Waals surface area (Å²) in [5.41, 5.74) is 2.44. The highest BCUT2D eigenvalue weighted by atomic mass is 79.9. The molecule has 0 aliphatic heterocycles. The summed E-state index contributed by atoms with van der Waals surface area (Å²) in [6.45, 7) is 0.181. The molecule has 0 amide bonds. The molecule has 0 fully saturated rings. The van der Waals surface area contributed by atoms with Gasteiger partial charge in [-0.2, -0.15) is 0 Å². The number of benzene rings is 2. The van der Waals surface area contributed by atoms with Crippen LogP contribution < -0.4 is 14.8 Å². The predicted molar refractivity (Wildman–Crippen MR) is 112 cm³/mol. The Hall–Kier alpha value is -2.14. The molecule has 2 aromatic heterocycles. The van der Waals surface area contributed by atoms with Gasteiger partial charge in [0.05, 0.1) is 24.5 Å². The Kier molecular flexibility index (Phi) is 4.57. The molecule has 2 heterocycles. The van der Waals surface area contributed by atoms with E-state index in [1.807, 2.05) is 42.5 Å². The number of imidazole rings is 1. The summed E-state index contributed by atoms with van der Waals surface area (Å²) in [6, 6.07) is 11.4. The predicted octanol–water partition coefficient (Wildman–Crippen LogP) is 3.99. The molecule has 0 atom stereocenters. The van der Waals surface area contributed by atoms with Crippen molar-refractivity contribution in [3.63, 3.8) is 0 Å². The van der Waals surface area contributed by atoms with Crippen LogP contribution in [-0.2, 0) is 0 Å². The van der Waals surface area contributed by atoms with Crippen LogP contribution >= 0.6 is 43.2 Å². The molecule has 7 heteroatoms. The fourth-order valence-electron chi connectivity index (χ4n) is 2.68.